The first-order valence-electron chi connectivity index (χ1n) is 7.64. The molecule has 0 bridgehead atoms. The van der Waals surface area contributed by atoms with E-state index < -0.39 is 0 Å². The minimum absolute atomic E-state index is 0.00975. The van der Waals surface area contributed by atoms with Gasteiger partial charge in [-0.15, -0.1) is 0 Å². The van der Waals surface area contributed by atoms with Crippen molar-refractivity contribution >= 4 is 32.7 Å². The highest BCUT2D eigenvalue weighted by atomic mass is 79.9. The quantitative estimate of drug-likeness (QED) is 0.578. The number of ketones is 1. The zero-order valence-electron chi connectivity index (χ0n) is 13.7. The van der Waals surface area contributed by atoms with Crippen LogP contribution in [-0.2, 0) is 5.41 Å². The van der Waals surface area contributed by atoms with E-state index in [1.807, 2.05) is 12.1 Å². The summed E-state index contributed by atoms with van der Waals surface area (Å²) in [6, 6.07) is 12.5. The van der Waals surface area contributed by atoms with E-state index in [-0.39, 0.29) is 22.2 Å². The van der Waals surface area contributed by atoms with Crippen molar-refractivity contribution in [3.05, 3.63) is 80.1 Å². The van der Waals surface area contributed by atoms with Gasteiger partial charge in [0.15, 0.2) is 5.78 Å². The summed E-state index contributed by atoms with van der Waals surface area (Å²) >= 11 is 3.33. The molecule has 3 nitrogen and oxygen atoms in total. The van der Waals surface area contributed by atoms with Gasteiger partial charge in [-0.1, -0.05) is 61.0 Å². The lowest BCUT2D eigenvalue weighted by molar-refractivity contribution is 0.103. The van der Waals surface area contributed by atoms with Crippen molar-refractivity contribution in [3.63, 3.8) is 0 Å². The highest BCUT2D eigenvalue weighted by Gasteiger charge is 2.18. The molecule has 0 saturated heterocycles. The molecule has 0 fully saturated rings. The second-order valence-electron chi connectivity index (χ2n) is 6.78. The van der Waals surface area contributed by atoms with Crippen molar-refractivity contribution in [1.29, 1.82) is 0 Å². The minimum atomic E-state index is -0.328. The van der Waals surface area contributed by atoms with Crippen molar-refractivity contribution in [1.82, 2.24) is 0 Å². The van der Waals surface area contributed by atoms with E-state index in [0.29, 0.717) is 16.5 Å². The number of carbonyl (C=O) groups excluding carboxylic acids is 1. The Kier molecular flexibility index (Phi) is 4.18. The Balaban J connectivity index is 2.06. The molecule has 1 aromatic heterocycles. The first-order valence-corrected chi connectivity index (χ1v) is 8.43. The molecule has 0 unspecified atom stereocenters. The summed E-state index contributed by atoms with van der Waals surface area (Å²) in [4.78, 5) is 25.3. The second kappa shape index (κ2) is 6.02. The maximum atomic E-state index is 12.7. The van der Waals surface area contributed by atoms with Crippen molar-refractivity contribution < 1.29 is 9.21 Å². The van der Waals surface area contributed by atoms with Crippen LogP contribution in [-0.4, -0.2) is 5.78 Å². The summed E-state index contributed by atoms with van der Waals surface area (Å²) in [5.74, 6) is -0.328. The molecule has 3 aromatic rings. The van der Waals surface area contributed by atoms with Crippen LogP contribution >= 0.6 is 15.9 Å². The van der Waals surface area contributed by atoms with Gasteiger partial charge in [-0.3, -0.25) is 9.59 Å². The lowest BCUT2D eigenvalue weighted by Crippen LogP contribution is -2.16. The minimum Gasteiger partial charge on any atom is -0.463 e. The molecule has 0 aliphatic heterocycles. The largest absolute Gasteiger partial charge is 0.463 e. The van der Waals surface area contributed by atoms with Gasteiger partial charge in [0.2, 0.25) is 5.43 Å². The molecule has 24 heavy (non-hydrogen) atoms. The van der Waals surface area contributed by atoms with Crippen LogP contribution in [0.5, 0.6) is 0 Å². The Morgan fingerprint density at radius 1 is 1.04 bits per heavy atom. The normalized spacial score (nSPS) is 11.7. The third kappa shape index (κ3) is 3.06. The summed E-state index contributed by atoms with van der Waals surface area (Å²) in [5, 5.41) is 0.390. The van der Waals surface area contributed by atoms with Gasteiger partial charge < -0.3 is 4.42 Å². The summed E-state index contributed by atoms with van der Waals surface area (Å²) < 4.78 is 6.22. The molecule has 0 aliphatic carbocycles. The van der Waals surface area contributed by atoms with Crippen LogP contribution in [0, 0.1) is 0 Å². The molecule has 3 rings (SSSR count). The lowest BCUT2D eigenvalue weighted by atomic mass is 9.86. The molecule has 0 saturated carbocycles. The summed E-state index contributed by atoms with van der Waals surface area (Å²) in [6.45, 7) is 6.33. The highest BCUT2D eigenvalue weighted by Crippen LogP contribution is 2.23. The Hall–Kier alpha value is -2.20. The van der Waals surface area contributed by atoms with Crippen molar-refractivity contribution in [3.8, 4) is 0 Å². The highest BCUT2D eigenvalue weighted by molar-refractivity contribution is 9.10. The molecule has 0 amide bonds. The molecular weight excluding hydrogens is 368 g/mol. The van der Waals surface area contributed by atoms with Gasteiger partial charge in [0.1, 0.15) is 17.4 Å². The van der Waals surface area contributed by atoms with Crippen LogP contribution in [0.2, 0.25) is 0 Å². The van der Waals surface area contributed by atoms with Crippen LogP contribution in [0.1, 0.15) is 42.3 Å². The van der Waals surface area contributed by atoms with E-state index in [9.17, 15) is 9.59 Å². The van der Waals surface area contributed by atoms with E-state index >= 15 is 0 Å². The predicted molar refractivity (Wildman–Crippen MR) is 98.8 cm³/mol. The average Bonchev–Trinajstić information content (AvgIpc) is 2.54. The Bertz CT molecular complexity index is 976. The number of carbonyl (C=O) groups is 1. The van der Waals surface area contributed by atoms with E-state index in [1.165, 1.54) is 6.26 Å². The standard InChI is InChI=1S/C20H17BrO3/c1-20(2,3)13-6-4-12(5-7-13)18(22)16-11-24-17-9-8-14(21)10-15(17)19(16)23/h4-11H,1-3H3. The van der Waals surface area contributed by atoms with Gasteiger partial charge in [0, 0.05) is 10.0 Å². The SMILES string of the molecule is CC(C)(C)c1ccc(C(=O)c2coc3ccc(Br)cc3c2=O)cc1. The molecule has 0 spiro atoms. The van der Waals surface area contributed by atoms with Crippen LogP contribution in [0.4, 0.5) is 0 Å². The Labute approximate surface area is 148 Å². The maximum absolute atomic E-state index is 12.7. The Morgan fingerprint density at radius 2 is 1.71 bits per heavy atom. The van der Waals surface area contributed by atoms with Crippen LogP contribution in [0.3, 0.4) is 0 Å². The van der Waals surface area contributed by atoms with Gasteiger partial charge in [0.05, 0.1) is 5.39 Å². The fourth-order valence-electron chi connectivity index (χ4n) is 2.54. The molecular formula is C20H17BrO3. The smallest absolute Gasteiger partial charge is 0.203 e. The Morgan fingerprint density at radius 3 is 2.33 bits per heavy atom. The third-order valence-electron chi connectivity index (χ3n) is 3.99. The van der Waals surface area contributed by atoms with Crippen molar-refractivity contribution in [2.45, 2.75) is 26.2 Å². The van der Waals surface area contributed by atoms with E-state index in [1.54, 1.807) is 30.3 Å². The van der Waals surface area contributed by atoms with Gasteiger partial charge in [-0.2, -0.15) is 0 Å². The molecule has 0 atom stereocenters. The summed E-state index contributed by atoms with van der Waals surface area (Å²) in [6.07, 6.45) is 1.25. The molecule has 0 aliphatic rings. The fourth-order valence-corrected chi connectivity index (χ4v) is 2.90. The van der Waals surface area contributed by atoms with Crippen molar-refractivity contribution in [2.75, 3.05) is 0 Å². The third-order valence-corrected chi connectivity index (χ3v) is 4.49. The molecule has 1 heterocycles. The predicted octanol–water partition coefficient (Wildman–Crippen LogP) is 5.08. The van der Waals surface area contributed by atoms with E-state index in [2.05, 4.69) is 36.7 Å². The zero-order valence-corrected chi connectivity index (χ0v) is 15.3. The number of halogens is 1. The first kappa shape index (κ1) is 16.7. The molecule has 122 valence electrons. The summed E-state index contributed by atoms with van der Waals surface area (Å²) in [7, 11) is 0. The van der Waals surface area contributed by atoms with E-state index in [0.717, 1.165) is 10.0 Å². The molecule has 4 heteroatoms. The zero-order chi connectivity index (χ0) is 17.5. The van der Waals surface area contributed by atoms with Gasteiger partial charge in [-0.25, -0.2) is 0 Å². The van der Waals surface area contributed by atoms with Crippen LogP contribution in [0.15, 0.2) is 62.4 Å². The van der Waals surface area contributed by atoms with Gasteiger partial charge in [-0.05, 0) is 29.2 Å². The number of fused-ring (bicyclic) bond motifs is 1. The van der Waals surface area contributed by atoms with Gasteiger partial charge in [0.25, 0.3) is 0 Å². The molecule has 2 aromatic carbocycles. The molecule has 0 radical (unpaired) electrons. The van der Waals surface area contributed by atoms with Crippen molar-refractivity contribution in [2.24, 2.45) is 0 Å². The number of hydrogen-bond acceptors (Lipinski definition) is 3. The summed E-state index contributed by atoms with van der Waals surface area (Å²) in [5.41, 5.74) is 1.81. The van der Waals surface area contributed by atoms with Crippen LogP contribution in [0.25, 0.3) is 11.0 Å². The maximum Gasteiger partial charge on any atom is 0.203 e. The topological polar surface area (TPSA) is 47.3 Å². The van der Waals surface area contributed by atoms with Crippen LogP contribution < -0.4 is 5.43 Å². The number of rotatable bonds is 2. The number of hydrogen-bond donors (Lipinski definition) is 0. The molecule has 0 N–H and O–H groups in total. The first-order chi connectivity index (χ1) is 11.3. The van der Waals surface area contributed by atoms with E-state index in [4.69, 9.17) is 4.42 Å². The second-order valence-corrected chi connectivity index (χ2v) is 7.69. The monoisotopic (exact) mass is 384 g/mol. The lowest BCUT2D eigenvalue weighted by Gasteiger charge is -2.18. The average molecular weight is 385 g/mol. The fraction of sp³-hybridized carbons (Fsp3) is 0.200. The number of benzene rings is 2. The van der Waals surface area contributed by atoms with Gasteiger partial charge >= 0.3 is 0 Å².